The third-order valence-corrected chi connectivity index (χ3v) is 6.53. The van der Waals surface area contributed by atoms with Crippen molar-refractivity contribution < 1.29 is 9.18 Å². The van der Waals surface area contributed by atoms with Gasteiger partial charge in [-0.15, -0.1) is 11.3 Å². The van der Waals surface area contributed by atoms with Gasteiger partial charge in [0.15, 0.2) is 0 Å². The molecule has 3 heterocycles. The van der Waals surface area contributed by atoms with Crippen LogP contribution in [0.25, 0.3) is 10.2 Å². The van der Waals surface area contributed by atoms with Gasteiger partial charge in [-0.1, -0.05) is 18.5 Å². The Morgan fingerprint density at radius 2 is 2.10 bits per heavy atom. The Labute approximate surface area is 183 Å². The van der Waals surface area contributed by atoms with E-state index in [1.165, 1.54) is 29.8 Å². The molecule has 9 heteroatoms. The normalized spacial score (nSPS) is 15.4. The summed E-state index contributed by atoms with van der Waals surface area (Å²) in [6.45, 7) is 5.34. The Morgan fingerprint density at radius 1 is 1.30 bits per heavy atom. The highest BCUT2D eigenvalue weighted by molar-refractivity contribution is 7.20. The number of carbonyl (C=O) groups is 1. The Bertz CT molecular complexity index is 1050. The lowest BCUT2D eigenvalue weighted by molar-refractivity contribution is 0.0915. The fourth-order valence-corrected chi connectivity index (χ4v) is 4.73. The van der Waals surface area contributed by atoms with Gasteiger partial charge in [0.05, 0.1) is 15.3 Å². The van der Waals surface area contributed by atoms with Crippen molar-refractivity contribution >= 4 is 50.6 Å². The summed E-state index contributed by atoms with van der Waals surface area (Å²) in [5, 5.41) is 7.06. The van der Waals surface area contributed by atoms with Crippen molar-refractivity contribution in [1.29, 1.82) is 0 Å². The topological polar surface area (TPSA) is 70.2 Å². The molecule has 1 aliphatic rings. The summed E-state index contributed by atoms with van der Waals surface area (Å²) < 4.78 is 13.4. The number of likely N-dealkylation sites (tertiary alicyclic amines) is 1. The summed E-state index contributed by atoms with van der Waals surface area (Å²) >= 11 is 7.19. The number of aromatic nitrogens is 2. The van der Waals surface area contributed by atoms with E-state index in [1.54, 1.807) is 12.1 Å². The zero-order chi connectivity index (χ0) is 21.1. The molecule has 1 fully saturated rings. The number of thiophene rings is 1. The van der Waals surface area contributed by atoms with Crippen molar-refractivity contribution in [2.75, 3.05) is 25.0 Å². The molecule has 0 aliphatic carbocycles. The monoisotopic (exact) mass is 447 g/mol. The van der Waals surface area contributed by atoms with E-state index in [4.69, 9.17) is 11.6 Å². The standard InChI is InChI=1S/C21H23ClFN5OS/c1-2-7-28-8-5-13(6-9-28)27-20(29)18-11-15-19(24-12-25-21(15)30-18)26-14-3-4-17(23)16(22)10-14/h3-4,10-13H,2,5-9H2,1H3,(H,27,29)(H,24,25,26). The highest BCUT2D eigenvalue weighted by atomic mass is 35.5. The molecule has 1 aromatic carbocycles. The molecule has 1 aliphatic heterocycles. The van der Waals surface area contributed by atoms with E-state index >= 15 is 0 Å². The minimum absolute atomic E-state index is 0.0284. The molecule has 1 saturated heterocycles. The molecule has 0 radical (unpaired) electrons. The predicted octanol–water partition coefficient (Wildman–Crippen LogP) is 4.83. The molecule has 30 heavy (non-hydrogen) atoms. The number of piperidine rings is 1. The zero-order valence-corrected chi connectivity index (χ0v) is 18.2. The molecule has 0 bridgehead atoms. The molecule has 0 atom stereocenters. The van der Waals surface area contributed by atoms with Crippen LogP contribution in [-0.4, -0.2) is 46.5 Å². The minimum Gasteiger partial charge on any atom is -0.349 e. The van der Waals surface area contributed by atoms with Crippen LogP contribution in [-0.2, 0) is 0 Å². The average Bonchev–Trinajstić information content (AvgIpc) is 3.18. The molecule has 0 spiro atoms. The van der Waals surface area contributed by atoms with Crippen molar-refractivity contribution in [3.05, 3.63) is 46.3 Å². The van der Waals surface area contributed by atoms with Crippen LogP contribution < -0.4 is 10.6 Å². The minimum atomic E-state index is -0.481. The Morgan fingerprint density at radius 3 is 2.83 bits per heavy atom. The van der Waals surface area contributed by atoms with Gasteiger partial charge in [0.2, 0.25) is 0 Å². The first kappa shape index (κ1) is 21.0. The lowest BCUT2D eigenvalue weighted by Crippen LogP contribution is -2.44. The van der Waals surface area contributed by atoms with Gasteiger partial charge in [0.1, 0.15) is 22.8 Å². The molecule has 0 unspecified atom stereocenters. The number of carbonyl (C=O) groups excluding carboxylic acids is 1. The first-order valence-corrected chi connectivity index (χ1v) is 11.2. The van der Waals surface area contributed by atoms with Gasteiger partial charge >= 0.3 is 0 Å². The molecule has 2 N–H and O–H groups in total. The first-order valence-electron chi connectivity index (χ1n) is 10.0. The maximum absolute atomic E-state index is 13.4. The number of anilines is 2. The van der Waals surface area contributed by atoms with Crippen LogP contribution in [0.2, 0.25) is 5.02 Å². The maximum atomic E-state index is 13.4. The number of rotatable bonds is 6. The Balaban J connectivity index is 1.47. The fourth-order valence-electron chi connectivity index (χ4n) is 3.65. The van der Waals surface area contributed by atoms with Crippen molar-refractivity contribution in [2.24, 2.45) is 0 Å². The van der Waals surface area contributed by atoms with Crippen LogP contribution in [0, 0.1) is 5.82 Å². The van der Waals surface area contributed by atoms with Crippen LogP contribution in [0.15, 0.2) is 30.6 Å². The fraction of sp³-hybridized carbons (Fsp3) is 0.381. The van der Waals surface area contributed by atoms with Gasteiger partial charge in [0.25, 0.3) is 5.91 Å². The van der Waals surface area contributed by atoms with E-state index in [9.17, 15) is 9.18 Å². The molecule has 4 rings (SSSR count). The number of nitrogens with zero attached hydrogens (tertiary/aromatic N) is 3. The number of fused-ring (bicyclic) bond motifs is 1. The first-order chi connectivity index (χ1) is 14.5. The van der Waals surface area contributed by atoms with Crippen LogP contribution in [0.5, 0.6) is 0 Å². The number of hydrogen-bond donors (Lipinski definition) is 2. The van der Waals surface area contributed by atoms with Crippen LogP contribution >= 0.6 is 22.9 Å². The number of hydrogen-bond acceptors (Lipinski definition) is 6. The van der Waals surface area contributed by atoms with E-state index in [2.05, 4.69) is 32.4 Å². The van der Waals surface area contributed by atoms with E-state index in [0.29, 0.717) is 21.2 Å². The van der Waals surface area contributed by atoms with Gasteiger partial charge < -0.3 is 15.5 Å². The second-order valence-electron chi connectivity index (χ2n) is 7.40. The quantitative estimate of drug-likeness (QED) is 0.566. The largest absolute Gasteiger partial charge is 0.349 e. The third-order valence-electron chi connectivity index (χ3n) is 5.20. The average molecular weight is 448 g/mol. The molecule has 1 amide bonds. The van der Waals surface area contributed by atoms with Gasteiger partial charge in [-0.2, -0.15) is 0 Å². The van der Waals surface area contributed by atoms with E-state index in [-0.39, 0.29) is 17.0 Å². The second kappa shape index (κ2) is 9.24. The van der Waals surface area contributed by atoms with Crippen molar-refractivity contribution in [3.63, 3.8) is 0 Å². The van der Waals surface area contributed by atoms with Gasteiger partial charge in [-0.05, 0) is 50.1 Å². The zero-order valence-electron chi connectivity index (χ0n) is 16.6. The summed E-state index contributed by atoms with van der Waals surface area (Å²) in [4.78, 5) is 25.1. The molecule has 2 aromatic heterocycles. The van der Waals surface area contributed by atoms with E-state index in [0.717, 1.165) is 44.3 Å². The predicted molar refractivity (Wildman–Crippen MR) is 119 cm³/mol. The van der Waals surface area contributed by atoms with Crippen LogP contribution in [0.3, 0.4) is 0 Å². The second-order valence-corrected chi connectivity index (χ2v) is 8.83. The highest BCUT2D eigenvalue weighted by Crippen LogP contribution is 2.31. The molecule has 0 saturated carbocycles. The summed E-state index contributed by atoms with van der Waals surface area (Å²) in [7, 11) is 0. The van der Waals surface area contributed by atoms with Crippen molar-refractivity contribution in [3.8, 4) is 0 Å². The number of amides is 1. The molecule has 158 valence electrons. The maximum Gasteiger partial charge on any atom is 0.261 e. The Kier molecular flexibility index (Phi) is 6.46. The lowest BCUT2D eigenvalue weighted by atomic mass is 10.0. The number of benzene rings is 1. The summed E-state index contributed by atoms with van der Waals surface area (Å²) in [6, 6.07) is 6.37. The van der Waals surface area contributed by atoms with E-state index < -0.39 is 5.82 Å². The number of halogens is 2. The number of nitrogens with one attached hydrogen (secondary N) is 2. The molecule has 6 nitrogen and oxygen atoms in total. The lowest BCUT2D eigenvalue weighted by Gasteiger charge is -2.31. The van der Waals surface area contributed by atoms with Crippen LogP contribution in [0.4, 0.5) is 15.9 Å². The molecular formula is C21H23ClFN5OS. The summed E-state index contributed by atoms with van der Waals surface area (Å²) in [5.41, 5.74) is 0.609. The van der Waals surface area contributed by atoms with Gasteiger partial charge in [-0.25, -0.2) is 14.4 Å². The van der Waals surface area contributed by atoms with Gasteiger partial charge in [-0.3, -0.25) is 4.79 Å². The smallest absolute Gasteiger partial charge is 0.261 e. The summed E-state index contributed by atoms with van der Waals surface area (Å²) in [6.07, 6.45) is 4.53. The molecule has 3 aromatic rings. The van der Waals surface area contributed by atoms with Gasteiger partial charge in [0, 0.05) is 24.8 Å². The third kappa shape index (κ3) is 4.71. The van der Waals surface area contributed by atoms with Crippen molar-refractivity contribution in [2.45, 2.75) is 32.2 Å². The Hall–Kier alpha value is -2.29. The highest BCUT2D eigenvalue weighted by Gasteiger charge is 2.22. The van der Waals surface area contributed by atoms with Crippen LogP contribution in [0.1, 0.15) is 35.9 Å². The van der Waals surface area contributed by atoms with E-state index in [1.807, 2.05) is 0 Å². The molecular weight excluding hydrogens is 425 g/mol. The SMILES string of the molecule is CCCN1CCC(NC(=O)c2cc3c(Nc4ccc(F)c(Cl)c4)ncnc3s2)CC1. The van der Waals surface area contributed by atoms with Crippen molar-refractivity contribution in [1.82, 2.24) is 20.2 Å². The summed E-state index contributed by atoms with van der Waals surface area (Å²) in [5.74, 6) is -0.0152.